The summed E-state index contributed by atoms with van der Waals surface area (Å²) in [5, 5.41) is 4.36. The molecule has 0 N–H and O–H groups in total. The Kier molecular flexibility index (Phi) is 5.00. The largest absolute Gasteiger partial charge is 0.268 e. The second-order valence-corrected chi connectivity index (χ2v) is 8.38. The van der Waals surface area contributed by atoms with Crippen LogP contribution in [0.15, 0.2) is 4.90 Å². The van der Waals surface area contributed by atoms with Crippen LogP contribution in [0.2, 0.25) is 0 Å². The molecule has 1 aliphatic carbocycles. The topological polar surface area (TPSA) is 55.2 Å². The quantitative estimate of drug-likeness (QED) is 0.720. The van der Waals surface area contributed by atoms with Crippen LogP contribution in [0.4, 0.5) is 0 Å². The van der Waals surface area contributed by atoms with Crippen molar-refractivity contribution in [2.75, 3.05) is 19.5 Å². The number of nitrogens with zero attached hydrogens (tertiary/aromatic N) is 3. The van der Waals surface area contributed by atoms with Gasteiger partial charge in [-0.25, -0.2) is 12.7 Å². The minimum atomic E-state index is -3.47. The van der Waals surface area contributed by atoms with Gasteiger partial charge in [0, 0.05) is 26.0 Å². The molecular formula is C14H24ClN3O2S. The first kappa shape index (κ1) is 16.8. The van der Waals surface area contributed by atoms with Crippen LogP contribution in [0.1, 0.15) is 31.2 Å². The van der Waals surface area contributed by atoms with Gasteiger partial charge in [-0.2, -0.15) is 5.10 Å². The summed E-state index contributed by atoms with van der Waals surface area (Å²) >= 11 is 5.70. The summed E-state index contributed by atoms with van der Waals surface area (Å²) in [6, 6.07) is 0. The van der Waals surface area contributed by atoms with Crippen molar-refractivity contribution >= 4 is 21.6 Å². The van der Waals surface area contributed by atoms with E-state index in [1.807, 2.05) is 6.92 Å². The van der Waals surface area contributed by atoms with Crippen molar-refractivity contribution in [3.8, 4) is 0 Å². The normalized spacial score (nSPS) is 22.0. The van der Waals surface area contributed by atoms with Gasteiger partial charge >= 0.3 is 0 Å². The van der Waals surface area contributed by atoms with Gasteiger partial charge in [-0.05, 0) is 38.5 Å². The average molecular weight is 334 g/mol. The van der Waals surface area contributed by atoms with Crippen molar-refractivity contribution in [2.24, 2.45) is 11.8 Å². The maximum Gasteiger partial charge on any atom is 0.246 e. The third-order valence-corrected chi connectivity index (χ3v) is 6.60. The van der Waals surface area contributed by atoms with Crippen LogP contribution in [-0.2, 0) is 16.6 Å². The van der Waals surface area contributed by atoms with Crippen molar-refractivity contribution < 1.29 is 8.42 Å². The predicted molar refractivity (Wildman–Crippen MR) is 84.1 cm³/mol. The van der Waals surface area contributed by atoms with E-state index in [2.05, 4.69) is 12.0 Å². The fourth-order valence-electron chi connectivity index (χ4n) is 2.72. The van der Waals surface area contributed by atoms with Gasteiger partial charge in [0.1, 0.15) is 4.90 Å². The van der Waals surface area contributed by atoms with Crippen LogP contribution in [0, 0.1) is 25.7 Å². The second kappa shape index (κ2) is 6.26. The molecule has 0 saturated heterocycles. The third kappa shape index (κ3) is 3.43. The highest BCUT2D eigenvalue weighted by molar-refractivity contribution is 7.89. The first-order valence-electron chi connectivity index (χ1n) is 7.35. The summed E-state index contributed by atoms with van der Waals surface area (Å²) in [5.74, 6) is 1.67. The molecule has 2 atom stereocenters. The van der Waals surface area contributed by atoms with Gasteiger partial charge in [-0.3, -0.25) is 4.68 Å². The zero-order valence-electron chi connectivity index (χ0n) is 13.1. The van der Waals surface area contributed by atoms with Crippen LogP contribution in [0.5, 0.6) is 0 Å². The third-order valence-electron chi connectivity index (χ3n) is 4.25. The molecule has 1 fully saturated rings. The fraction of sp³-hybridized carbons (Fsp3) is 0.786. The van der Waals surface area contributed by atoms with E-state index < -0.39 is 10.0 Å². The molecule has 21 heavy (non-hydrogen) atoms. The van der Waals surface area contributed by atoms with Gasteiger partial charge in [0.2, 0.25) is 10.0 Å². The first-order valence-corrected chi connectivity index (χ1v) is 9.32. The van der Waals surface area contributed by atoms with Crippen molar-refractivity contribution in [2.45, 2.75) is 45.1 Å². The molecule has 120 valence electrons. The Morgan fingerprint density at radius 1 is 1.43 bits per heavy atom. The fourth-order valence-corrected chi connectivity index (χ4v) is 4.43. The number of aryl methyl sites for hydroxylation is 2. The molecule has 1 heterocycles. The number of halogens is 1. The van der Waals surface area contributed by atoms with Gasteiger partial charge < -0.3 is 0 Å². The number of hydrogen-bond donors (Lipinski definition) is 0. The van der Waals surface area contributed by atoms with Gasteiger partial charge in [0.15, 0.2) is 0 Å². The summed E-state index contributed by atoms with van der Waals surface area (Å²) in [5.41, 5.74) is 1.27. The number of rotatable bonds is 7. The van der Waals surface area contributed by atoms with Crippen molar-refractivity contribution in [3.63, 3.8) is 0 Å². The van der Waals surface area contributed by atoms with E-state index in [1.165, 1.54) is 4.31 Å². The summed E-state index contributed by atoms with van der Waals surface area (Å²) in [4.78, 5) is 0.355. The molecule has 1 aromatic heterocycles. The Morgan fingerprint density at radius 3 is 2.57 bits per heavy atom. The summed E-state index contributed by atoms with van der Waals surface area (Å²) in [6.07, 6.45) is 1.89. The lowest BCUT2D eigenvalue weighted by molar-refractivity contribution is 0.443. The Bertz CT molecular complexity index is 612. The molecule has 0 spiro atoms. The molecule has 0 aromatic carbocycles. The zero-order valence-corrected chi connectivity index (χ0v) is 14.7. The summed E-state index contributed by atoms with van der Waals surface area (Å²) < 4.78 is 28.8. The van der Waals surface area contributed by atoms with Crippen LogP contribution >= 0.6 is 11.6 Å². The minimum Gasteiger partial charge on any atom is -0.268 e. The van der Waals surface area contributed by atoms with Gasteiger partial charge in [0.25, 0.3) is 0 Å². The van der Waals surface area contributed by atoms with E-state index in [0.717, 1.165) is 12.8 Å². The highest BCUT2D eigenvalue weighted by atomic mass is 35.5. The Morgan fingerprint density at radius 2 is 2.05 bits per heavy atom. The lowest BCUT2D eigenvalue weighted by atomic mass is 10.3. The van der Waals surface area contributed by atoms with Crippen LogP contribution < -0.4 is 0 Å². The van der Waals surface area contributed by atoms with Crippen molar-refractivity contribution in [1.29, 1.82) is 0 Å². The number of sulfonamides is 1. The van der Waals surface area contributed by atoms with Gasteiger partial charge in [-0.15, -0.1) is 11.6 Å². The van der Waals surface area contributed by atoms with Gasteiger partial charge in [-0.1, -0.05) is 6.92 Å². The number of hydrogen-bond acceptors (Lipinski definition) is 3. The molecule has 0 aliphatic heterocycles. The van der Waals surface area contributed by atoms with Crippen LogP contribution in [0.25, 0.3) is 0 Å². The molecule has 7 heteroatoms. The molecule has 1 aliphatic rings. The molecule has 1 saturated carbocycles. The molecule has 2 unspecified atom stereocenters. The Hall–Kier alpha value is -0.590. The highest BCUT2D eigenvalue weighted by Gasteiger charge is 2.37. The maximum atomic E-state index is 12.8. The van der Waals surface area contributed by atoms with E-state index in [4.69, 9.17) is 11.6 Å². The van der Waals surface area contributed by atoms with Gasteiger partial charge in [0.05, 0.1) is 11.4 Å². The lowest BCUT2D eigenvalue weighted by Gasteiger charge is -2.17. The molecule has 5 nitrogen and oxygen atoms in total. The average Bonchev–Trinajstić information content (AvgIpc) is 3.00. The Balaban J connectivity index is 2.24. The SMILES string of the molecule is Cc1nn(CCCCl)c(C)c1S(=O)(=O)N(C)CC1CC1C. The monoisotopic (exact) mass is 333 g/mol. The smallest absolute Gasteiger partial charge is 0.246 e. The first-order chi connectivity index (χ1) is 9.78. The minimum absolute atomic E-state index is 0.355. The van der Waals surface area contributed by atoms with Crippen molar-refractivity contribution in [1.82, 2.24) is 14.1 Å². The maximum absolute atomic E-state index is 12.8. The Labute approximate surface area is 132 Å². The van der Waals surface area contributed by atoms with Crippen LogP contribution in [-0.4, -0.2) is 42.0 Å². The molecular weight excluding hydrogens is 310 g/mol. The summed E-state index contributed by atoms with van der Waals surface area (Å²) in [7, 11) is -1.80. The van der Waals surface area contributed by atoms with Crippen LogP contribution in [0.3, 0.4) is 0 Å². The molecule has 1 aromatic rings. The molecule has 0 amide bonds. The molecule has 0 bridgehead atoms. The molecule has 2 rings (SSSR count). The zero-order chi connectivity index (χ0) is 15.8. The van der Waals surface area contributed by atoms with E-state index in [1.54, 1.807) is 18.7 Å². The number of alkyl halides is 1. The predicted octanol–water partition coefficient (Wildman–Crippen LogP) is 2.41. The second-order valence-electron chi connectivity index (χ2n) is 6.02. The summed E-state index contributed by atoms with van der Waals surface area (Å²) in [6.45, 7) is 6.97. The standard InChI is InChI=1S/C14H24ClN3O2S/c1-10-8-13(10)9-17(4)21(19,20)14-11(2)16-18(12(14)3)7-5-6-15/h10,13H,5-9H2,1-4H3. The number of aromatic nitrogens is 2. The van der Waals surface area contributed by atoms with E-state index in [9.17, 15) is 8.42 Å². The van der Waals surface area contributed by atoms with Crippen molar-refractivity contribution in [3.05, 3.63) is 11.4 Å². The lowest BCUT2D eigenvalue weighted by Crippen LogP contribution is -2.30. The highest BCUT2D eigenvalue weighted by Crippen LogP contribution is 2.39. The molecule has 0 radical (unpaired) electrons. The van der Waals surface area contributed by atoms with E-state index in [-0.39, 0.29) is 0 Å². The van der Waals surface area contributed by atoms with E-state index in [0.29, 0.717) is 47.1 Å². The van der Waals surface area contributed by atoms with E-state index >= 15 is 0 Å².